The van der Waals surface area contributed by atoms with E-state index in [0.717, 1.165) is 18.4 Å². The van der Waals surface area contributed by atoms with Gasteiger partial charge in [0, 0.05) is 37.4 Å². The number of sulfonamides is 1. The first kappa shape index (κ1) is 25.6. The molecule has 0 spiro atoms. The second-order valence-electron chi connectivity index (χ2n) is 9.11. The number of aliphatic hydroxyl groups excluding tert-OH is 1. The standard InChI is InChI=1S/C25H34N4O5S/c26-20-6-10-22(11-7-20)35(32,33)29(21-8-9-21)18-24(30)23(16-19-4-2-1-3-5-19)27-17-25(31)28-12-14-34-15-13-28/h1-7,10-11,21,23-24,27,30H,8-9,12-18,26H2/t23-,24+/m0/s1. The fourth-order valence-corrected chi connectivity index (χ4v) is 5.95. The third-order valence-corrected chi connectivity index (χ3v) is 8.38. The Bertz CT molecular complexity index is 1070. The Labute approximate surface area is 206 Å². The molecule has 1 saturated heterocycles. The van der Waals surface area contributed by atoms with Crippen molar-refractivity contribution < 1.29 is 23.1 Å². The van der Waals surface area contributed by atoms with Crippen LogP contribution >= 0.6 is 0 Å². The zero-order chi connectivity index (χ0) is 24.8. The minimum Gasteiger partial charge on any atom is -0.399 e. The Hall–Kier alpha value is -2.50. The minimum absolute atomic E-state index is 0.0582. The van der Waals surface area contributed by atoms with Gasteiger partial charge in [-0.25, -0.2) is 8.42 Å². The number of nitrogen functional groups attached to an aromatic ring is 1. The van der Waals surface area contributed by atoms with Crippen molar-refractivity contribution in [3.8, 4) is 0 Å². The summed E-state index contributed by atoms with van der Waals surface area (Å²) in [7, 11) is -3.80. The lowest BCUT2D eigenvalue weighted by atomic mass is 10.0. The van der Waals surface area contributed by atoms with Gasteiger partial charge in [0.1, 0.15) is 0 Å². The van der Waals surface area contributed by atoms with E-state index < -0.39 is 22.2 Å². The predicted molar refractivity (Wildman–Crippen MR) is 133 cm³/mol. The van der Waals surface area contributed by atoms with Crippen molar-refractivity contribution in [1.82, 2.24) is 14.5 Å². The van der Waals surface area contributed by atoms with Crippen molar-refractivity contribution >= 4 is 21.6 Å². The van der Waals surface area contributed by atoms with Crippen LogP contribution in [0, 0.1) is 0 Å². The summed E-state index contributed by atoms with van der Waals surface area (Å²) in [6.07, 6.45) is 0.955. The van der Waals surface area contributed by atoms with Gasteiger partial charge in [0.2, 0.25) is 15.9 Å². The topological polar surface area (TPSA) is 125 Å². The third-order valence-electron chi connectivity index (χ3n) is 6.45. The number of carbonyl (C=O) groups is 1. The highest BCUT2D eigenvalue weighted by molar-refractivity contribution is 7.89. The van der Waals surface area contributed by atoms with E-state index in [1.54, 1.807) is 17.0 Å². The molecule has 0 unspecified atom stereocenters. The molecule has 1 saturated carbocycles. The number of hydrogen-bond acceptors (Lipinski definition) is 7. The Morgan fingerprint density at radius 1 is 1.11 bits per heavy atom. The highest BCUT2D eigenvalue weighted by Crippen LogP contribution is 2.32. The van der Waals surface area contributed by atoms with Gasteiger partial charge >= 0.3 is 0 Å². The summed E-state index contributed by atoms with van der Waals surface area (Å²) in [5.74, 6) is -0.0629. The van der Waals surface area contributed by atoms with Crippen LogP contribution in [-0.2, 0) is 26.0 Å². The Kier molecular flexibility index (Phi) is 8.40. The first-order valence-corrected chi connectivity index (χ1v) is 13.5. The number of benzene rings is 2. The molecule has 2 aliphatic rings. The van der Waals surface area contributed by atoms with Crippen molar-refractivity contribution in [3.05, 3.63) is 60.2 Å². The van der Waals surface area contributed by atoms with Crippen molar-refractivity contribution in [1.29, 1.82) is 0 Å². The molecule has 10 heteroatoms. The summed E-state index contributed by atoms with van der Waals surface area (Å²) in [5.41, 5.74) is 7.20. The highest BCUT2D eigenvalue weighted by Gasteiger charge is 2.40. The number of carbonyl (C=O) groups excluding carboxylic acids is 1. The van der Waals surface area contributed by atoms with Gasteiger partial charge in [-0.05, 0) is 49.1 Å². The molecule has 0 bridgehead atoms. The fraction of sp³-hybridized carbons (Fsp3) is 0.480. The van der Waals surface area contributed by atoms with Crippen LogP contribution in [0.3, 0.4) is 0 Å². The molecular formula is C25H34N4O5S. The van der Waals surface area contributed by atoms with Crippen molar-refractivity contribution in [2.24, 2.45) is 0 Å². The van der Waals surface area contributed by atoms with E-state index in [0.29, 0.717) is 38.4 Å². The van der Waals surface area contributed by atoms with Gasteiger partial charge in [0.15, 0.2) is 0 Å². The average molecular weight is 503 g/mol. The summed E-state index contributed by atoms with van der Waals surface area (Å²) in [6, 6.07) is 15.1. The number of aliphatic hydroxyl groups is 1. The molecule has 2 aromatic carbocycles. The number of hydrogen-bond donors (Lipinski definition) is 3. The number of nitrogens with one attached hydrogen (secondary N) is 1. The van der Waals surface area contributed by atoms with Gasteiger partial charge in [-0.3, -0.25) is 4.79 Å². The molecule has 2 atom stereocenters. The summed E-state index contributed by atoms with van der Waals surface area (Å²) in [4.78, 5) is 14.6. The van der Waals surface area contributed by atoms with Crippen LogP contribution in [0.1, 0.15) is 18.4 Å². The summed E-state index contributed by atoms with van der Waals surface area (Å²) in [6.45, 7) is 2.11. The quantitative estimate of drug-likeness (QED) is 0.389. The van der Waals surface area contributed by atoms with Gasteiger partial charge < -0.3 is 25.8 Å². The zero-order valence-electron chi connectivity index (χ0n) is 19.8. The molecule has 1 aliphatic heterocycles. The highest BCUT2D eigenvalue weighted by atomic mass is 32.2. The lowest BCUT2D eigenvalue weighted by molar-refractivity contribution is -0.134. The largest absolute Gasteiger partial charge is 0.399 e. The molecule has 1 amide bonds. The minimum atomic E-state index is -3.80. The van der Waals surface area contributed by atoms with Gasteiger partial charge in [-0.15, -0.1) is 0 Å². The van der Waals surface area contributed by atoms with Crippen molar-refractivity contribution in [2.75, 3.05) is 45.1 Å². The van der Waals surface area contributed by atoms with Crippen molar-refractivity contribution in [2.45, 2.75) is 42.3 Å². The monoisotopic (exact) mass is 502 g/mol. The summed E-state index contributed by atoms with van der Waals surface area (Å²) in [5, 5.41) is 14.5. The van der Waals surface area contributed by atoms with Gasteiger partial charge in [-0.2, -0.15) is 4.31 Å². The van der Waals surface area contributed by atoms with Crippen LogP contribution in [0.2, 0.25) is 0 Å². The molecule has 4 N–H and O–H groups in total. The molecular weight excluding hydrogens is 468 g/mol. The number of nitrogens with zero attached hydrogens (tertiary/aromatic N) is 2. The van der Waals surface area contributed by atoms with Crippen LogP contribution in [0.4, 0.5) is 5.69 Å². The van der Waals surface area contributed by atoms with Crippen LogP contribution in [0.25, 0.3) is 0 Å². The summed E-state index contributed by atoms with van der Waals surface area (Å²) >= 11 is 0. The molecule has 35 heavy (non-hydrogen) atoms. The predicted octanol–water partition coefficient (Wildman–Crippen LogP) is 0.843. The Morgan fingerprint density at radius 2 is 1.77 bits per heavy atom. The average Bonchev–Trinajstić information content (AvgIpc) is 3.71. The van der Waals surface area contributed by atoms with Gasteiger partial charge in [0.25, 0.3) is 0 Å². The van der Waals surface area contributed by atoms with E-state index >= 15 is 0 Å². The maximum atomic E-state index is 13.4. The van der Waals surface area contributed by atoms with E-state index in [2.05, 4.69) is 5.32 Å². The number of morpholine rings is 1. The molecule has 4 rings (SSSR count). The number of anilines is 1. The van der Waals surface area contributed by atoms with E-state index in [1.165, 1.54) is 16.4 Å². The van der Waals surface area contributed by atoms with Crippen LogP contribution < -0.4 is 11.1 Å². The van der Waals surface area contributed by atoms with E-state index in [4.69, 9.17) is 10.5 Å². The number of nitrogens with two attached hydrogens (primary N) is 1. The number of rotatable bonds is 11. The van der Waals surface area contributed by atoms with Crippen LogP contribution in [0.5, 0.6) is 0 Å². The van der Waals surface area contributed by atoms with Crippen LogP contribution in [0.15, 0.2) is 59.5 Å². The third kappa shape index (κ3) is 6.80. The smallest absolute Gasteiger partial charge is 0.243 e. The molecule has 0 aromatic heterocycles. The zero-order valence-corrected chi connectivity index (χ0v) is 20.6. The molecule has 2 aromatic rings. The fourth-order valence-electron chi connectivity index (χ4n) is 4.25. The number of ether oxygens (including phenoxy) is 1. The maximum absolute atomic E-state index is 13.4. The second kappa shape index (κ2) is 11.5. The lowest BCUT2D eigenvalue weighted by Gasteiger charge is -2.31. The molecule has 190 valence electrons. The van der Waals surface area contributed by atoms with Gasteiger partial charge in [0.05, 0.1) is 30.8 Å². The lowest BCUT2D eigenvalue weighted by Crippen LogP contribution is -2.52. The SMILES string of the molecule is Nc1ccc(S(=O)(=O)N(C[C@@H](O)[C@H](Cc2ccccc2)NCC(=O)N2CCOCC2)C2CC2)cc1. The molecule has 1 heterocycles. The molecule has 1 aliphatic carbocycles. The Balaban J connectivity index is 1.48. The first-order valence-electron chi connectivity index (χ1n) is 12.0. The normalized spacial score (nSPS) is 18.4. The van der Waals surface area contributed by atoms with E-state index in [-0.39, 0.29) is 29.9 Å². The van der Waals surface area contributed by atoms with Gasteiger partial charge in [-0.1, -0.05) is 30.3 Å². The number of amides is 1. The molecule has 0 radical (unpaired) electrons. The summed E-state index contributed by atoms with van der Waals surface area (Å²) < 4.78 is 33.5. The van der Waals surface area contributed by atoms with E-state index in [1.807, 2.05) is 30.3 Å². The molecule has 2 fully saturated rings. The van der Waals surface area contributed by atoms with Crippen LogP contribution in [-0.4, -0.2) is 86.2 Å². The maximum Gasteiger partial charge on any atom is 0.243 e. The second-order valence-corrected chi connectivity index (χ2v) is 11.0. The van der Waals surface area contributed by atoms with E-state index in [9.17, 15) is 18.3 Å². The Morgan fingerprint density at radius 3 is 2.40 bits per heavy atom. The first-order chi connectivity index (χ1) is 16.8. The molecule has 9 nitrogen and oxygen atoms in total. The van der Waals surface area contributed by atoms with Crippen molar-refractivity contribution in [3.63, 3.8) is 0 Å².